The van der Waals surface area contributed by atoms with Crippen molar-refractivity contribution in [2.75, 3.05) is 0 Å². The Morgan fingerprint density at radius 3 is 2.62 bits per heavy atom. The Bertz CT molecular complexity index is 424. The zero-order valence-electron chi connectivity index (χ0n) is 9.52. The van der Waals surface area contributed by atoms with Gasteiger partial charge in [0.05, 0.1) is 11.5 Å². The summed E-state index contributed by atoms with van der Waals surface area (Å²) in [6.07, 6.45) is 1.62. The highest BCUT2D eigenvalue weighted by Crippen LogP contribution is 2.35. The molecule has 0 aromatic carbocycles. The van der Waals surface area contributed by atoms with E-state index in [1.165, 1.54) is 11.2 Å². The zero-order valence-corrected chi connectivity index (χ0v) is 9.52. The van der Waals surface area contributed by atoms with E-state index in [4.69, 9.17) is 0 Å². The molecule has 86 valence electrons. The van der Waals surface area contributed by atoms with Crippen LogP contribution in [-0.4, -0.2) is 31.9 Å². The maximum atomic E-state index is 12.0. The van der Waals surface area contributed by atoms with Gasteiger partial charge in [-0.15, -0.1) is 0 Å². The molecular weight excluding hydrogens is 208 g/mol. The number of carbonyl (C=O) groups excluding carboxylic acids is 2. The van der Waals surface area contributed by atoms with Gasteiger partial charge in [0.2, 0.25) is 11.8 Å². The molecule has 1 atom stereocenters. The lowest BCUT2D eigenvalue weighted by atomic mass is 9.92. The van der Waals surface area contributed by atoms with Gasteiger partial charge in [-0.3, -0.25) is 19.6 Å². The summed E-state index contributed by atoms with van der Waals surface area (Å²) in [6.45, 7) is 5.32. The third-order valence-electron chi connectivity index (χ3n) is 2.88. The van der Waals surface area contributed by atoms with Gasteiger partial charge in [-0.2, -0.15) is 5.10 Å². The normalized spacial score (nSPS) is 21.6. The van der Waals surface area contributed by atoms with Gasteiger partial charge in [-0.1, -0.05) is 13.8 Å². The maximum Gasteiger partial charge on any atom is 0.236 e. The number of hydrogen-bond acceptors (Lipinski definition) is 4. The van der Waals surface area contributed by atoms with Gasteiger partial charge in [0.25, 0.3) is 0 Å². The molecule has 1 fully saturated rings. The van der Waals surface area contributed by atoms with Gasteiger partial charge in [0, 0.05) is 6.42 Å². The first-order chi connectivity index (χ1) is 7.43. The second kappa shape index (κ2) is 3.40. The van der Waals surface area contributed by atoms with E-state index in [-0.39, 0.29) is 24.3 Å². The molecule has 0 spiro atoms. The highest BCUT2D eigenvalue weighted by atomic mass is 16.2. The van der Waals surface area contributed by atoms with Gasteiger partial charge >= 0.3 is 0 Å². The van der Waals surface area contributed by atoms with E-state index in [2.05, 4.69) is 15.2 Å². The molecule has 0 radical (unpaired) electrons. The van der Waals surface area contributed by atoms with Gasteiger partial charge < -0.3 is 0 Å². The topological polar surface area (TPSA) is 79.0 Å². The molecule has 6 nitrogen and oxygen atoms in total. The van der Waals surface area contributed by atoms with Crippen LogP contribution >= 0.6 is 0 Å². The standard InChI is InChI=1S/C10H14N4O2/c1-6(8-11-5-12-13-8)14-7(15)4-10(2,3)9(14)16/h5-6H,4H2,1-3H3,(H,11,12,13). The van der Waals surface area contributed by atoms with Crippen molar-refractivity contribution in [3.8, 4) is 0 Å². The second-order valence-corrected chi connectivity index (χ2v) is 4.68. The molecule has 0 aliphatic carbocycles. The van der Waals surface area contributed by atoms with Crippen LogP contribution in [-0.2, 0) is 9.59 Å². The SMILES string of the molecule is CC(c1ncn[nH]1)N1C(=O)CC(C)(C)C1=O. The predicted octanol–water partition coefficient (Wildman–Crippen LogP) is 0.651. The predicted molar refractivity (Wildman–Crippen MR) is 55.0 cm³/mol. The number of likely N-dealkylation sites (tertiary alicyclic amines) is 1. The molecule has 1 aliphatic heterocycles. The quantitative estimate of drug-likeness (QED) is 0.745. The molecule has 16 heavy (non-hydrogen) atoms. The van der Waals surface area contributed by atoms with E-state index in [1.807, 2.05) is 0 Å². The Kier molecular flexibility index (Phi) is 2.29. The molecule has 6 heteroatoms. The van der Waals surface area contributed by atoms with Crippen molar-refractivity contribution < 1.29 is 9.59 Å². The largest absolute Gasteiger partial charge is 0.274 e. The van der Waals surface area contributed by atoms with Crippen LogP contribution < -0.4 is 0 Å². The van der Waals surface area contributed by atoms with Crippen molar-refractivity contribution in [2.45, 2.75) is 33.2 Å². The summed E-state index contributed by atoms with van der Waals surface area (Å²) in [4.78, 5) is 29.0. The minimum Gasteiger partial charge on any atom is -0.274 e. The van der Waals surface area contributed by atoms with Crippen LogP contribution in [0.25, 0.3) is 0 Å². The molecule has 0 bridgehead atoms. The Hall–Kier alpha value is -1.72. The fraction of sp³-hybridized carbons (Fsp3) is 0.600. The molecular formula is C10H14N4O2. The zero-order chi connectivity index (χ0) is 11.9. The number of aromatic amines is 1. The van der Waals surface area contributed by atoms with Gasteiger partial charge in [-0.25, -0.2) is 4.98 Å². The lowest BCUT2D eigenvalue weighted by molar-refractivity contribution is -0.143. The van der Waals surface area contributed by atoms with E-state index in [9.17, 15) is 9.59 Å². The van der Waals surface area contributed by atoms with Crippen LogP contribution in [0.4, 0.5) is 0 Å². The van der Waals surface area contributed by atoms with E-state index in [0.717, 1.165) is 0 Å². The lowest BCUT2D eigenvalue weighted by Gasteiger charge is -2.22. The Labute approximate surface area is 93.0 Å². The van der Waals surface area contributed by atoms with Crippen LogP contribution in [0.15, 0.2) is 6.33 Å². The summed E-state index contributed by atoms with van der Waals surface area (Å²) >= 11 is 0. The summed E-state index contributed by atoms with van der Waals surface area (Å²) in [7, 11) is 0. The van der Waals surface area contributed by atoms with Crippen LogP contribution in [0.5, 0.6) is 0 Å². The minimum absolute atomic E-state index is 0.151. The van der Waals surface area contributed by atoms with Crippen LogP contribution in [0.1, 0.15) is 39.1 Å². The molecule has 1 N–H and O–H groups in total. The summed E-state index contributed by atoms with van der Waals surface area (Å²) in [5, 5.41) is 6.39. The lowest BCUT2D eigenvalue weighted by Crippen LogP contribution is -2.35. The monoisotopic (exact) mass is 222 g/mol. The Morgan fingerprint density at radius 2 is 2.19 bits per heavy atom. The average Bonchev–Trinajstić information content (AvgIpc) is 2.74. The summed E-state index contributed by atoms with van der Waals surface area (Å²) in [5.74, 6) is 0.222. The molecule has 1 aromatic rings. The first-order valence-electron chi connectivity index (χ1n) is 5.15. The number of H-pyrrole nitrogens is 1. The first-order valence-corrected chi connectivity index (χ1v) is 5.15. The third-order valence-corrected chi connectivity index (χ3v) is 2.88. The summed E-state index contributed by atoms with van der Waals surface area (Å²) in [5.41, 5.74) is -0.606. The number of aromatic nitrogens is 3. The van der Waals surface area contributed by atoms with E-state index in [0.29, 0.717) is 5.82 Å². The fourth-order valence-corrected chi connectivity index (χ4v) is 1.91. The van der Waals surface area contributed by atoms with E-state index >= 15 is 0 Å². The van der Waals surface area contributed by atoms with Gasteiger partial charge in [0.1, 0.15) is 12.2 Å². The highest BCUT2D eigenvalue weighted by Gasteiger charge is 2.47. The van der Waals surface area contributed by atoms with Crippen LogP contribution in [0.3, 0.4) is 0 Å². The Morgan fingerprint density at radius 1 is 1.50 bits per heavy atom. The first kappa shape index (κ1) is 10.8. The molecule has 2 rings (SSSR count). The number of carbonyl (C=O) groups is 2. The molecule has 2 heterocycles. The van der Waals surface area contributed by atoms with E-state index in [1.54, 1.807) is 20.8 Å². The summed E-state index contributed by atoms with van der Waals surface area (Å²) in [6, 6.07) is -0.385. The molecule has 1 saturated heterocycles. The number of amides is 2. The van der Waals surface area contributed by atoms with E-state index < -0.39 is 5.41 Å². The number of imide groups is 1. The van der Waals surface area contributed by atoms with Gasteiger partial charge in [0.15, 0.2) is 0 Å². The fourth-order valence-electron chi connectivity index (χ4n) is 1.91. The van der Waals surface area contributed by atoms with Crippen molar-refractivity contribution >= 4 is 11.8 Å². The maximum absolute atomic E-state index is 12.0. The highest BCUT2D eigenvalue weighted by molar-refractivity contribution is 6.05. The summed E-state index contributed by atoms with van der Waals surface area (Å²) < 4.78 is 0. The third kappa shape index (κ3) is 1.50. The van der Waals surface area contributed by atoms with Crippen molar-refractivity contribution in [1.82, 2.24) is 20.1 Å². The van der Waals surface area contributed by atoms with Crippen molar-refractivity contribution in [2.24, 2.45) is 5.41 Å². The molecule has 1 unspecified atom stereocenters. The average molecular weight is 222 g/mol. The number of rotatable bonds is 2. The molecule has 1 aliphatic rings. The molecule has 1 aromatic heterocycles. The molecule has 2 amide bonds. The van der Waals surface area contributed by atoms with Crippen molar-refractivity contribution in [3.05, 3.63) is 12.2 Å². The molecule has 0 saturated carbocycles. The Balaban J connectivity index is 2.29. The van der Waals surface area contributed by atoms with Crippen molar-refractivity contribution in [1.29, 1.82) is 0 Å². The number of nitrogens with one attached hydrogen (secondary N) is 1. The number of nitrogens with zero attached hydrogens (tertiary/aromatic N) is 3. The second-order valence-electron chi connectivity index (χ2n) is 4.68. The van der Waals surface area contributed by atoms with Crippen molar-refractivity contribution in [3.63, 3.8) is 0 Å². The van der Waals surface area contributed by atoms with Crippen LogP contribution in [0.2, 0.25) is 0 Å². The smallest absolute Gasteiger partial charge is 0.236 e. The van der Waals surface area contributed by atoms with Crippen LogP contribution in [0, 0.1) is 5.41 Å². The number of hydrogen-bond donors (Lipinski definition) is 1. The van der Waals surface area contributed by atoms with Gasteiger partial charge in [-0.05, 0) is 6.92 Å². The minimum atomic E-state index is -0.606.